The number of anilines is 1. The molecule has 23 heavy (non-hydrogen) atoms. The van der Waals surface area contributed by atoms with Crippen LogP contribution in [-0.4, -0.2) is 52.5 Å². The number of rotatable bonds is 3. The maximum absolute atomic E-state index is 12.1. The van der Waals surface area contributed by atoms with Gasteiger partial charge in [-0.15, -0.1) is 0 Å². The van der Waals surface area contributed by atoms with Gasteiger partial charge in [0, 0.05) is 26.2 Å². The molecule has 128 valence electrons. The normalized spacial score (nSPS) is 15.4. The van der Waals surface area contributed by atoms with E-state index >= 15 is 0 Å². The number of aromatic nitrogens is 2. The summed E-state index contributed by atoms with van der Waals surface area (Å²) in [5, 5.41) is 10.1. The minimum atomic E-state index is -0.281. The van der Waals surface area contributed by atoms with Gasteiger partial charge in [0.15, 0.2) is 0 Å². The predicted molar refractivity (Wildman–Crippen MR) is 86.5 cm³/mol. The molecule has 3 amide bonds. The van der Waals surface area contributed by atoms with Gasteiger partial charge < -0.3 is 20.3 Å². The van der Waals surface area contributed by atoms with E-state index in [9.17, 15) is 9.59 Å². The SMILES string of the molecule is CCOC(=O)N1CCC(NC(=O)Nc2c(C)nn(C)c2C)CC1. The first-order valence-corrected chi connectivity index (χ1v) is 7.91. The van der Waals surface area contributed by atoms with Crippen LogP contribution in [0.25, 0.3) is 0 Å². The number of hydrogen-bond acceptors (Lipinski definition) is 4. The molecule has 0 aromatic carbocycles. The van der Waals surface area contributed by atoms with E-state index in [1.165, 1.54) is 0 Å². The highest BCUT2D eigenvalue weighted by Crippen LogP contribution is 2.18. The topological polar surface area (TPSA) is 88.5 Å². The Labute approximate surface area is 136 Å². The van der Waals surface area contributed by atoms with Gasteiger partial charge in [0.2, 0.25) is 0 Å². The molecule has 0 saturated carbocycles. The molecule has 1 fully saturated rings. The number of aryl methyl sites for hydroxylation is 2. The van der Waals surface area contributed by atoms with E-state index < -0.39 is 0 Å². The van der Waals surface area contributed by atoms with Gasteiger partial charge in [-0.05, 0) is 33.6 Å². The van der Waals surface area contributed by atoms with Gasteiger partial charge in [0.1, 0.15) is 0 Å². The number of carbonyl (C=O) groups excluding carboxylic acids is 2. The first-order valence-electron chi connectivity index (χ1n) is 7.91. The summed E-state index contributed by atoms with van der Waals surface area (Å²) in [5.74, 6) is 0. The molecule has 1 saturated heterocycles. The van der Waals surface area contributed by atoms with Crippen molar-refractivity contribution >= 4 is 17.8 Å². The molecule has 2 rings (SSSR count). The average molecular weight is 323 g/mol. The summed E-state index contributed by atoms with van der Waals surface area (Å²) in [6.07, 6.45) is 1.16. The zero-order chi connectivity index (χ0) is 17.0. The summed E-state index contributed by atoms with van der Waals surface area (Å²) < 4.78 is 6.72. The summed E-state index contributed by atoms with van der Waals surface area (Å²) in [6, 6.07) is -0.184. The molecule has 1 aromatic heterocycles. The monoisotopic (exact) mass is 323 g/mol. The van der Waals surface area contributed by atoms with Gasteiger partial charge >= 0.3 is 12.1 Å². The van der Waals surface area contributed by atoms with Crippen LogP contribution in [0, 0.1) is 13.8 Å². The van der Waals surface area contributed by atoms with Crippen molar-refractivity contribution in [2.45, 2.75) is 39.7 Å². The molecule has 0 atom stereocenters. The van der Waals surface area contributed by atoms with Gasteiger partial charge in [-0.2, -0.15) is 5.10 Å². The highest BCUT2D eigenvalue weighted by molar-refractivity contribution is 5.90. The van der Waals surface area contributed by atoms with Crippen molar-refractivity contribution in [1.82, 2.24) is 20.0 Å². The molecule has 0 unspecified atom stereocenters. The summed E-state index contributed by atoms with van der Waals surface area (Å²) in [7, 11) is 1.84. The van der Waals surface area contributed by atoms with Crippen LogP contribution in [0.1, 0.15) is 31.2 Å². The fraction of sp³-hybridized carbons (Fsp3) is 0.667. The molecule has 1 aromatic rings. The summed E-state index contributed by atoms with van der Waals surface area (Å²) in [4.78, 5) is 25.5. The van der Waals surface area contributed by atoms with Gasteiger partial charge in [0.25, 0.3) is 0 Å². The zero-order valence-electron chi connectivity index (χ0n) is 14.2. The number of nitrogens with one attached hydrogen (secondary N) is 2. The van der Waals surface area contributed by atoms with Gasteiger partial charge in [-0.3, -0.25) is 4.68 Å². The Hall–Kier alpha value is -2.25. The number of carbonyl (C=O) groups is 2. The van der Waals surface area contributed by atoms with Crippen molar-refractivity contribution in [2.24, 2.45) is 7.05 Å². The Bertz CT molecular complexity index is 576. The average Bonchev–Trinajstić information content (AvgIpc) is 2.74. The molecule has 8 heteroatoms. The molecule has 0 aliphatic carbocycles. The Morgan fingerprint density at radius 2 is 1.96 bits per heavy atom. The molecule has 0 bridgehead atoms. The van der Waals surface area contributed by atoms with Gasteiger partial charge in [0.05, 0.1) is 23.7 Å². The molecule has 0 spiro atoms. The fourth-order valence-electron chi connectivity index (χ4n) is 2.71. The number of urea groups is 1. The third-order valence-electron chi connectivity index (χ3n) is 4.10. The lowest BCUT2D eigenvalue weighted by molar-refractivity contribution is 0.0959. The van der Waals surface area contributed by atoms with Crippen molar-refractivity contribution < 1.29 is 14.3 Å². The lowest BCUT2D eigenvalue weighted by atomic mass is 10.1. The standard InChI is InChI=1S/C15H25N5O3/c1-5-23-15(22)20-8-6-12(7-9-20)16-14(21)17-13-10(2)18-19(4)11(13)3/h12H,5-9H2,1-4H3,(H2,16,17,21). The maximum Gasteiger partial charge on any atom is 0.409 e. The molecule has 1 aliphatic heterocycles. The smallest absolute Gasteiger partial charge is 0.409 e. The van der Waals surface area contributed by atoms with E-state index in [-0.39, 0.29) is 18.2 Å². The third-order valence-corrected chi connectivity index (χ3v) is 4.10. The highest BCUT2D eigenvalue weighted by Gasteiger charge is 2.25. The number of likely N-dealkylation sites (tertiary alicyclic amines) is 1. The summed E-state index contributed by atoms with van der Waals surface area (Å²) in [6.45, 7) is 7.12. The minimum absolute atomic E-state index is 0.0537. The Balaban J connectivity index is 1.82. The minimum Gasteiger partial charge on any atom is -0.450 e. The van der Waals surface area contributed by atoms with E-state index in [0.717, 1.165) is 29.9 Å². The fourth-order valence-corrected chi connectivity index (χ4v) is 2.71. The molecular formula is C15H25N5O3. The molecule has 1 aliphatic rings. The van der Waals surface area contributed by atoms with E-state index in [0.29, 0.717) is 19.7 Å². The number of amides is 3. The van der Waals surface area contributed by atoms with Crippen LogP contribution >= 0.6 is 0 Å². The van der Waals surface area contributed by atoms with Crippen LogP contribution in [0.15, 0.2) is 0 Å². The van der Waals surface area contributed by atoms with Crippen LogP contribution in [0.4, 0.5) is 15.3 Å². The van der Waals surface area contributed by atoms with Gasteiger partial charge in [-0.25, -0.2) is 9.59 Å². The largest absolute Gasteiger partial charge is 0.450 e. The van der Waals surface area contributed by atoms with Crippen molar-refractivity contribution in [3.63, 3.8) is 0 Å². The Morgan fingerprint density at radius 1 is 1.30 bits per heavy atom. The van der Waals surface area contributed by atoms with Crippen LogP contribution in [0.3, 0.4) is 0 Å². The molecule has 2 N–H and O–H groups in total. The third kappa shape index (κ3) is 4.14. The van der Waals surface area contributed by atoms with Crippen LogP contribution in [0.2, 0.25) is 0 Å². The van der Waals surface area contributed by atoms with Crippen molar-refractivity contribution in [1.29, 1.82) is 0 Å². The quantitative estimate of drug-likeness (QED) is 0.887. The molecule has 0 radical (unpaired) electrons. The van der Waals surface area contributed by atoms with E-state index in [1.54, 1.807) is 16.5 Å². The van der Waals surface area contributed by atoms with Gasteiger partial charge in [-0.1, -0.05) is 0 Å². The van der Waals surface area contributed by atoms with E-state index in [1.807, 2.05) is 20.9 Å². The number of ether oxygens (including phenoxy) is 1. The predicted octanol–water partition coefficient (Wildman–Crippen LogP) is 1.78. The number of hydrogen-bond donors (Lipinski definition) is 2. The first-order chi connectivity index (χ1) is 10.9. The second kappa shape index (κ2) is 7.34. The summed E-state index contributed by atoms with van der Waals surface area (Å²) >= 11 is 0. The lowest BCUT2D eigenvalue weighted by Crippen LogP contribution is -2.47. The molecule has 8 nitrogen and oxygen atoms in total. The Kier molecular flexibility index (Phi) is 5.46. The number of piperidine rings is 1. The zero-order valence-corrected chi connectivity index (χ0v) is 14.2. The highest BCUT2D eigenvalue weighted by atomic mass is 16.6. The van der Waals surface area contributed by atoms with Crippen LogP contribution < -0.4 is 10.6 Å². The summed E-state index contributed by atoms with van der Waals surface area (Å²) in [5.41, 5.74) is 2.45. The second-order valence-corrected chi connectivity index (χ2v) is 5.73. The maximum atomic E-state index is 12.1. The van der Waals surface area contributed by atoms with Crippen molar-refractivity contribution in [3.8, 4) is 0 Å². The van der Waals surface area contributed by atoms with E-state index in [2.05, 4.69) is 15.7 Å². The lowest BCUT2D eigenvalue weighted by Gasteiger charge is -2.31. The molecular weight excluding hydrogens is 298 g/mol. The van der Waals surface area contributed by atoms with Crippen LogP contribution in [-0.2, 0) is 11.8 Å². The molecule has 2 heterocycles. The first kappa shape index (κ1) is 17.1. The van der Waals surface area contributed by atoms with E-state index in [4.69, 9.17) is 4.74 Å². The van der Waals surface area contributed by atoms with Crippen LogP contribution in [0.5, 0.6) is 0 Å². The second-order valence-electron chi connectivity index (χ2n) is 5.73. The Morgan fingerprint density at radius 3 is 2.48 bits per heavy atom. The van der Waals surface area contributed by atoms with Crippen molar-refractivity contribution in [2.75, 3.05) is 25.0 Å². The van der Waals surface area contributed by atoms with Crippen molar-refractivity contribution in [3.05, 3.63) is 11.4 Å². The number of nitrogens with zero attached hydrogens (tertiary/aromatic N) is 3.